The molecule has 0 radical (unpaired) electrons. The summed E-state index contributed by atoms with van der Waals surface area (Å²) in [5.74, 6) is -0.272. The predicted octanol–water partition coefficient (Wildman–Crippen LogP) is 3.04. The van der Waals surface area contributed by atoms with Crippen LogP contribution in [-0.4, -0.2) is 11.2 Å². The third kappa shape index (κ3) is 4.37. The Morgan fingerprint density at radius 1 is 1.44 bits per heavy atom. The maximum absolute atomic E-state index is 11.1. The molecule has 0 bridgehead atoms. The number of nitrogens with zero attached hydrogens (tertiary/aromatic N) is 1. The van der Waals surface area contributed by atoms with Crippen molar-refractivity contribution in [2.45, 2.75) is 30.4 Å². The van der Waals surface area contributed by atoms with Crippen molar-refractivity contribution in [3.8, 4) is 6.07 Å². The van der Waals surface area contributed by atoms with Gasteiger partial charge in [-0.3, -0.25) is 4.79 Å². The van der Waals surface area contributed by atoms with Gasteiger partial charge in [0.05, 0.1) is 6.07 Å². The van der Waals surface area contributed by atoms with E-state index >= 15 is 0 Å². The zero-order chi connectivity index (χ0) is 12.0. The third-order valence-corrected chi connectivity index (χ3v) is 2.77. The Morgan fingerprint density at radius 2 is 2.06 bits per heavy atom. The zero-order valence-corrected chi connectivity index (χ0v) is 10.2. The van der Waals surface area contributed by atoms with E-state index in [0.717, 1.165) is 5.69 Å². The zero-order valence-electron chi connectivity index (χ0n) is 9.36. The standard InChI is InChI=1S/C12H14N2OS/c1-9(2)16-11-5-3-10(4-6-11)14-12(15)7-8-13/h3-6,9H,7H2,1-2H3,(H,14,15). The molecule has 1 aromatic rings. The molecule has 84 valence electrons. The first-order valence-electron chi connectivity index (χ1n) is 5.05. The van der Waals surface area contributed by atoms with Gasteiger partial charge < -0.3 is 5.32 Å². The highest BCUT2D eigenvalue weighted by Crippen LogP contribution is 2.24. The largest absolute Gasteiger partial charge is 0.325 e. The Morgan fingerprint density at radius 3 is 2.56 bits per heavy atom. The molecule has 0 aromatic heterocycles. The maximum atomic E-state index is 11.1. The molecular weight excluding hydrogens is 220 g/mol. The van der Waals surface area contributed by atoms with Gasteiger partial charge in [-0.25, -0.2) is 0 Å². The first kappa shape index (κ1) is 12.6. The van der Waals surface area contributed by atoms with Crippen LogP contribution in [0.4, 0.5) is 5.69 Å². The van der Waals surface area contributed by atoms with Crippen LogP contribution < -0.4 is 5.32 Å². The summed E-state index contributed by atoms with van der Waals surface area (Å²) < 4.78 is 0. The molecule has 1 aromatic carbocycles. The monoisotopic (exact) mass is 234 g/mol. The molecule has 0 atom stereocenters. The average molecular weight is 234 g/mol. The molecule has 0 saturated carbocycles. The molecule has 4 heteroatoms. The van der Waals surface area contributed by atoms with Crippen LogP contribution in [0.3, 0.4) is 0 Å². The second kappa shape index (κ2) is 6.19. The van der Waals surface area contributed by atoms with Crippen LogP contribution in [0.5, 0.6) is 0 Å². The van der Waals surface area contributed by atoms with Gasteiger partial charge in [0.2, 0.25) is 5.91 Å². The smallest absolute Gasteiger partial charge is 0.238 e. The normalized spacial score (nSPS) is 9.88. The fourth-order valence-electron chi connectivity index (χ4n) is 1.17. The van der Waals surface area contributed by atoms with E-state index in [9.17, 15) is 4.79 Å². The van der Waals surface area contributed by atoms with Gasteiger partial charge in [0.25, 0.3) is 0 Å². The van der Waals surface area contributed by atoms with Crippen LogP contribution in [0.15, 0.2) is 29.2 Å². The van der Waals surface area contributed by atoms with Crippen molar-refractivity contribution < 1.29 is 4.79 Å². The van der Waals surface area contributed by atoms with Crippen molar-refractivity contribution >= 4 is 23.4 Å². The van der Waals surface area contributed by atoms with E-state index in [1.54, 1.807) is 11.8 Å². The molecule has 0 aliphatic carbocycles. The Labute approximate surface area is 99.8 Å². The summed E-state index contributed by atoms with van der Waals surface area (Å²) in [4.78, 5) is 12.3. The number of amides is 1. The molecule has 0 heterocycles. The highest BCUT2D eigenvalue weighted by molar-refractivity contribution is 7.99. The van der Waals surface area contributed by atoms with Crippen molar-refractivity contribution in [2.24, 2.45) is 0 Å². The van der Waals surface area contributed by atoms with Gasteiger partial charge in [-0.2, -0.15) is 5.26 Å². The van der Waals surface area contributed by atoms with Crippen LogP contribution >= 0.6 is 11.8 Å². The number of anilines is 1. The van der Waals surface area contributed by atoms with Gasteiger partial charge in [0, 0.05) is 15.8 Å². The highest BCUT2D eigenvalue weighted by Gasteiger charge is 2.02. The Balaban J connectivity index is 2.58. The van der Waals surface area contributed by atoms with E-state index in [0.29, 0.717) is 5.25 Å². The van der Waals surface area contributed by atoms with Gasteiger partial charge in [-0.15, -0.1) is 11.8 Å². The molecule has 1 amide bonds. The fraction of sp³-hybridized carbons (Fsp3) is 0.333. The van der Waals surface area contributed by atoms with Crippen molar-refractivity contribution in [1.82, 2.24) is 0 Å². The maximum Gasteiger partial charge on any atom is 0.238 e. The van der Waals surface area contributed by atoms with E-state index in [1.165, 1.54) is 4.90 Å². The first-order valence-corrected chi connectivity index (χ1v) is 5.93. The van der Waals surface area contributed by atoms with Crippen LogP contribution in [0.2, 0.25) is 0 Å². The summed E-state index contributed by atoms with van der Waals surface area (Å²) in [5.41, 5.74) is 0.730. The van der Waals surface area contributed by atoms with Crippen molar-refractivity contribution in [2.75, 3.05) is 5.32 Å². The number of benzene rings is 1. The van der Waals surface area contributed by atoms with Gasteiger partial charge in [-0.1, -0.05) is 13.8 Å². The Kier molecular flexibility index (Phi) is 4.87. The summed E-state index contributed by atoms with van der Waals surface area (Å²) in [6.45, 7) is 4.26. The second-order valence-corrected chi connectivity index (χ2v) is 5.22. The molecule has 0 unspecified atom stereocenters. The first-order chi connectivity index (χ1) is 7.61. The van der Waals surface area contributed by atoms with Crippen LogP contribution in [0.1, 0.15) is 20.3 Å². The number of carbonyl (C=O) groups excluding carboxylic acids is 1. The molecule has 0 spiro atoms. The van der Waals surface area contributed by atoms with Crippen molar-refractivity contribution in [3.63, 3.8) is 0 Å². The van der Waals surface area contributed by atoms with Crippen LogP contribution in [-0.2, 0) is 4.79 Å². The van der Waals surface area contributed by atoms with E-state index in [-0.39, 0.29) is 12.3 Å². The minimum absolute atomic E-state index is 0.109. The SMILES string of the molecule is CC(C)Sc1ccc(NC(=O)CC#N)cc1. The topological polar surface area (TPSA) is 52.9 Å². The van der Waals surface area contributed by atoms with E-state index < -0.39 is 0 Å². The number of rotatable bonds is 4. The van der Waals surface area contributed by atoms with E-state index in [4.69, 9.17) is 5.26 Å². The second-order valence-electron chi connectivity index (χ2n) is 3.57. The summed E-state index contributed by atoms with van der Waals surface area (Å²) in [6, 6.07) is 9.43. The van der Waals surface area contributed by atoms with Gasteiger partial charge in [0.1, 0.15) is 6.42 Å². The minimum Gasteiger partial charge on any atom is -0.325 e. The summed E-state index contributed by atoms with van der Waals surface area (Å²) in [6.07, 6.45) is -0.109. The van der Waals surface area contributed by atoms with Crippen LogP contribution in [0.25, 0.3) is 0 Å². The summed E-state index contributed by atoms with van der Waals surface area (Å²) in [5, 5.41) is 11.5. The average Bonchev–Trinajstić information content (AvgIpc) is 2.20. The van der Waals surface area contributed by atoms with Gasteiger partial charge in [-0.05, 0) is 24.3 Å². The number of carbonyl (C=O) groups is 1. The lowest BCUT2D eigenvalue weighted by molar-refractivity contribution is -0.115. The van der Waals surface area contributed by atoms with E-state index in [1.807, 2.05) is 30.3 Å². The van der Waals surface area contributed by atoms with Gasteiger partial charge in [0.15, 0.2) is 0 Å². The molecule has 3 nitrogen and oxygen atoms in total. The summed E-state index contributed by atoms with van der Waals surface area (Å²) >= 11 is 1.77. The fourth-order valence-corrected chi connectivity index (χ4v) is 2.00. The summed E-state index contributed by atoms with van der Waals surface area (Å²) in [7, 11) is 0. The predicted molar refractivity (Wildman–Crippen MR) is 66.3 cm³/mol. The molecule has 0 aliphatic rings. The van der Waals surface area contributed by atoms with Crippen molar-refractivity contribution in [3.05, 3.63) is 24.3 Å². The quantitative estimate of drug-likeness (QED) is 0.815. The molecule has 0 aliphatic heterocycles. The molecule has 1 N–H and O–H groups in total. The molecule has 0 saturated heterocycles. The van der Waals surface area contributed by atoms with Crippen LogP contribution in [0, 0.1) is 11.3 Å². The molecular formula is C12H14N2OS. The Bertz CT molecular complexity index is 392. The molecule has 16 heavy (non-hydrogen) atoms. The Hall–Kier alpha value is -1.47. The third-order valence-electron chi connectivity index (χ3n) is 1.75. The molecule has 0 fully saturated rings. The number of nitriles is 1. The van der Waals surface area contributed by atoms with Gasteiger partial charge >= 0.3 is 0 Å². The lowest BCUT2D eigenvalue weighted by Crippen LogP contribution is -2.09. The highest BCUT2D eigenvalue weighted by atomic mass is 32.2. The number of hydrogen-bond acceptors (Lipinski definition) is 3. The minimum atomic E-state index is -0.272. The molecule has 1 rings (SSSR count). The number of hydrogen-bond donors (Lipinski definition) is 1. The lowest BCUT2D eigenvalue weighted by Gasteiger charge is -2.06. The van der Waals surface area contributed by atoms with E-state index in [2.05, 4.69) is 19.2 Å². The number of thioether (sulfide) groups is 1. The van der Waals surface area contributed by atoms with Crippen molar-refractivity contribution in [1.29, 1.82) is 5.26 Å². The number of nitrogens with one attached hydrogen (secondary N) is 1. The lowest BCUT2D eigenvalue weighted by atomic mass is 10.3.